The van der Waals surface area contributed by atoms with E-state index in [9.17, 15) is 8.42 Å². The Bertz CT molecular complexity index is 738. The van der Waals surface area contributed by atoms with Crippen molar-refractivity contribution >= 4 is 10.2 Å². The van der Waals surface area contributed by atoms with E-state index in [0.29, 0.717) is 26.2 Å². The van der Waals surface area contributed by atoms with Crippen molar-refractivity contribution in [2.75, 3.05) is 39.3 Å². The summed E-state index contributed by atoms with van der Waals surface area (Å²) in [6, 6.07) is 8.14. The molecule has 3 rings (SSSR count). The quantitative estimate of drug-likeness (QED) is 0.716. The molecule has 0 aromatic heterocycles. The van der Waals surface area contributed by atoms with Gasteiger partial charge in [0, 0.05) is 45.8 Å². The van der Waals surface area contributed by atoms with Crippen LogP contribution in [0.2, 0.25) is 0 Å². The zero-order chi connectivity index (χ0) is 20.3. The van der Waals surface area contributed by atoms with Gasteiger partial charge >= 0.3 is 0 Å². The Morgan fingerprint density at radius 3 is 2.32 bits per heavy atom. The molecule has 0 N–H and O–H groups in total. The van der Waals surface area contributed by atoms with Crippen molar-refractivity contribution in [2.24, 2.45) is 0 Å². The normalized spacial score (nSPS) is 25.9. The van der Waals surface area contributed by atoms with Gasteiger partial charge in [-0.05, 0) is 45.4 Å². The van der Waals surface area contributed by atoms with Gasteiger partial charge in [-0.3, -0.25) is 4.90 Å². The van der Waals surface area contributed by atoms with Crippen LogP contribution >= 0.6 is 0 Å². The van der Waals surface area contributed by atoms with Gasteiger partial charge in [0.05, 0.1) is 18.3 Å². The average molecular weight is 412 g/mol. The van der Waals surface area contributed by atoms with Gasteiger partial charge in [-0.1, -0.05) is 12.1 Å². The molecule has 0 spiro atoms. The number of hydrogen-bond acceptors (Lipinski definition) is 5. The third-order valence-electron chi connectivity index (χ3n) is 5.05. The maximum atomic E-state index is 13.0. The van der Waals surface area contributed by atoms with Crippen molar-refractivity contribution in [3.8, 4) is 5.75 Å². The first kappa shape index (κ1) is 21.5. The van der Waals surface area contributed by atoms with E-state index < -0.39 is 10.2 Å². The fourth-order valence-electron chi connectivity index (χ4n) is 3.85. The van der Waals surface area contributed by atoms with E-state index in [2.05, 4.69) is 17.0 Å². The summed E-state index contributed by atoms with van der Waals surface area (Å²) in [5.41, 5.74) is 1.19. The Morgan fingerprint density at radius 1 is 1.07 bits per heavy atom. The second kappa shape index (κ2) is 9.09. The maximum Gasteiger partial charge on any atom is 0.282 e. The van der Waals surface area contributed by atoms with E-state index in [-0.39, 0.29) is 18.3 Å². The lowest BCUT2D eigenvalue weighted by atomic mass is 10.2. The van der Waals surface area contributed by atoms with Crippen molar-refractivity contribution in [1.82, 2.24) is 13.5 Å². The highest BCUT2D eigenvalue weighted by Crippen LogP contribution is 2.21. The largest absolute Gasteiger partial charge is 0.491 e. The van der Waals surface area contributed by atoms with Gasteiger partial charge in [-0.15, -0.1) is 0 Å². The fourth-order valence-corrected chi connectivity index (χ4v) is 5.60. The number of ether oxygens (including phenoxy) is 2. The molecular formula is C20H33N3O4S. The minimum Gasteiger partial charge on any atom is -0.491 e. The van der Waals surface area contributed by atoms with Gasteiger partial charge < -0.3 is 9.47 Å². The molecule has 0 bridgehead atoms. The highest BCUT2D eigenvalue weighted by Gasteiger charge is 2.36. The molecule has 28 heavy (non-hydrogen) atoms. The molecule has 2 unspecified atom stereocenters. The lowest BCUT2D eigenvalue weighted by Crippen LogP contribution is -2.57. The topological polar surface area (TPSA) is 62.3 Å². The zero-order valence-corrected chi connectivity index (χ0v) is 18.2. The Hall–Kier alpha value is -1.19. The predicted octanol–water partition coefficient (Wildman–Crippen LogP) is 1.95. The number of rotatable bonds is 6. The highest BCUT2D eigenvalue weighted by molar-refractivity contribution is 7.86. The lowest BCUT2D eigenvalue weighted by molar-refractivity contribution is -0.0457. The second-order valence-electron chi connectivity index (χ2n) is 8.07. The van der Waals surface area contributed by atoms with E-state index >= 15 is 0 Å². The van der Waals surface area contributed by atoms with Gasteiger partial charge in [0.2, 0.25) is 0 Å². The Labute approximate surface area is 169 Å². The molecule has 0 radical (unpaired) electrons. The molecule has 2 heterocycles. The van der Waals surface area contributed by atoms with E-state index in [1.165, 1.54) is 5.56 Å². The summed E-state index contributed by atoms with van der Waals surface area (Å²) in [6.45, 7) is 12.0. The second-order valence-corrected chi connectivity index (χ2v) is 10.00. The first-order valence-corrected chi connectivity index (χ1v) is 11.5. The summed E-state index contributed by atoms with van der Waals surface area (Å²) in [5.74, 6) is 0.879. The van der Waals surface area contributed by atoms with Gasteiger partial charge in [0.15, 0.2) is 0 Å². The van der Waals surface area contributed by atoms with Crippen LogP contribution in [0.5, 0.6) is 5.75 Å². The summed E-state index contributed by atoms with van der Waals surface area (Å²) in [7, 11) is -3.43. The summed E-state index contributed by atoms with van der Waals surface area (Å²) in [6.07, 6.45) is 0.00919. The average Bonchev–Trinajstić information content (AvgIpc) is 2.61. The highest BCUT2D eigenvalue weighted by atomic mass is 32.2. The van der Waals surface area contributed by atoms with E-state index in [1.54, 1.807) is 8.61 Å². The molecule has 0 amide bonds. The van der Waals surface area contributed by atoms with Crippen LogP contribution in [0.15, 0.2) is 24.3 Å². The van der Waals surface area contributed by atoms with Crippen LogP contribution in [0, 0.1) is 0 Å². The number of morpholine rings is 1. The first-order chi connectivity index (χ1) is 13.2. The fraction of sp³-hybridized carbons (Fsp3) is 0.700. The van der Waals surface area contributed by atoms with Gasteiger partial charge in [0.1, 0.15) is 5.75 Å². The van der Waals surface area contributed by atoms with E-state index in [1.807, 2.05) is 39.8 Å². The third-order valence-corrected chi connectivity index (χ3v) is 7.01. The van der Waals surface area contributed by atoms with E-state index in [4.69, 9.17) is 9.47 Å². The maximum absolute atomic E-state index is 13.0. The number of piperazine rings is 1. The molecule has 2 aliphatic rings. The third kappa shape index (κ3) is 5.45. The Balaban J connectivity index is 1.55. The minimum absolute atomic E-state index is 0.0693. The van der Waals surface area contributed by atoms with Crippen LogP contribution in [0.25, 0.3) is 0 Å². The molecule has 2 atom stereocenters. The van der Waals surface area contributed by atoms with E-state index in [0.717, 1.165) is 25.4 Å². The van der Waals surface area contributed by atoms with Crippen molar-refractivity contribution in [3.63, 3.8) is 0 Å². The standard InChI is InChI=1S/C20H33N3O4S/c1-16(2)26-20-7-5-6-19(12-20)15-21-8-10-22(11-9-21)28(24,25)23-13-17(3)27-18(4)14-23/h5-7,12,16-18H,8-11,13-15H2,1-4H3. The van der Waals surface area contributed by atoms with Gasteiger partial charge in [0.25, 0.3) is 10.2 Å². The molecule has 2 saturated heterocycles. The van der Waals surface area contributed by atoms with Crippen molar-refractivity contribution in [1.29, 1.82) is 0 Å². The minimum atomic E-state index is -3.43. The van der Waals surface area contributed by atoms with Crippen LogP contribution in [0.1, 0.15) is 33.3 Å². The van der Waals surface area contributed by atoms with Gasteiger partial charge in [-0.2, -0.15) is 17.0 Å². The first-order valence-electron chi connectivity index (χ1n) is 10.1. The lowest BCUT2D eigenvalue weighted by Gasteiger charge is -2.40. The molecule has 0 saturated carbocycles. The predicted molar refractivity (Wildman–Crippen MR) is 110 cm³/mol. The van der Waals surface area contributed by atoms with Crippen LogP contribution in [-0.4, -0.2) is 79.5 Å². The molecule has 0 aliphatic carbocycles. The molecular weight excluding hydrogens is 378 g/mol. The zero-order valence-electron chi connectivity index (χ0n) is 17.4. The Kier molecular flexibility index (Phi) is 6.98. The molecule has 158 valence electrons. The van der Waals surface area contributed by atoms with Crippen LogP contribution in [0.3, 0.4) is 0 Å². The summed E-state index contributed by atoms with van der Waals surface area (Å²) < 4.78 is 40.6. The number of nitrogens with zero attached hydrogens (tertiary/aromatic N) is 3. The van der Waals surface area contributed by atoms with Crippen LogP contribution < -0.4 is 4.74 Å². The Morgan fingerprint density at radius 2 is 1.71 bits per heavy atom. The summed E-state index contributed by atoms with van der Waals surface area (Å²) in [4.78, 5) is 2.30. The number of benzene rings is 1. The molecule has 1 aromatic rings. The molecule has 1 aromatic carbocycles. The van der Waals surface area contributed by atoms with Crippen molar-refractivity contribution in [3.05, 3.63) is 29.8 Å². The van der Waals surface area contributed by atoms with Crippen molar-refractivity contribution < 1.29 is 17.9 Å². The molecule has 7 nitrogen and oxygen atoms in total. The number of hydrogen-bond donors (Lipinski definition) is 0. The molecule has 2 aliphatic heterocycles. The van der Waals surface area contributed by atoms with Gasteiger partial charge in [-0.25, -0.2) is 0 Å². The van der Waals surface area contributed by atoms with Crippen LogP contribution in [0.4, 0.5) is 0 Å². The smallest absolute Gasteiger partial charge is 0.282 e. The summed E-state index contributed by atoms with van der Waals surface area (Å²) >= 11 is 0. The monoisotopic (exact) mass is 411 g/mol. The van der Waals surface area contributed by atoms with Crippen LogP contribution in [-0.2, 0) is 21.5 Å². The molecule has 2 fully saturated rings. The molecule has 8 heteroatoms. The SMILES string of the molecule is CC(C)Oc1cccc(CN2CCN(S(=O)(=O)N3CC(C)OC(C)C3)CC2)c1. The van der Waals surface area contributed by atoms with Crippen molar-refractivity contribution in [2.45, 2.75) is 52.6 Å². The summed E-state index contributed by atoms with van der Waals surface area (Å²) in [5, 5.41) is 0.